The van der Waals surface area contributed by atoms with E-state index in [9.17, 15) is 8.78 Å². The largest absolute Gasteiger partial charge is 0.489 e. The molecule has 110 valence electrons. The minimum Gasteiger partial charge on any atom is -0.489 e. The van der Waals surface area contributed by atoms with E-state index in [-0.39, 0.29) is 12.4 Å². The van der Waals surface area contributed by atoms with Gasteiger partial charge in [-0.2, -0.15) is 0 Å². The van der Waals surface area contributed by atoms with E-state index in [1.807, 2.05) is 6.92 Å². The lowest BCUT2D eigenvalue weighted by Crippen LogP contribution is -2.13. The second-order valence-electron chi connectivity index (χ2n) is 4.50. The molecular weight excluding hydrogens is 278 g/mol. The summed E-state index contributed by atoms with van der Waals surface area (Å²) in [6, 6.07) is 8.64. The summed E-state index contributed by atoms with van der Waals surface area (Å²) >= 11 is 0. The number of oxime groups is 1. The zero-order valence-electron chi connectivity index (χ0n) is 11.3. The van der Waals surface area contributed by atoms with Crippen LogP contribution in [0.4, 0.5) is 8.78 Å². The number of halogens is 2. The van der Waals surface area contributed by atoms with E-state index in [2.05, 4.69) is 5.16 Å². The molecule has 0 aromatic heterocycles. The maximum Gasteiger partial charge on any atom is 0.170 e. The molecule has 4 nitrogen and oxygen atoms in total. The summed E-state index contributed by atoms with van der Waals surface area (Å²) in [4.78, 5) is 0. The van der Waals surface area contributed by atoms with Crippen molar-refractivity contribution in [1.82, 2.24) is 0 Å². The van der Waals surface area contributed by atoms with E-state index in [4.69, 9.17) is 15.7 Å². The molecule has 6 heteroatoms. The highest BCUT2D eigenvalue weighted by Crippen LogP contribution is 2.21. The van der Waals surface area contributed by atoms with E-state index in [1.165, 1.54) is 6.07 Å². The van der Waals surface area contributed by atoms with Crippen LogP contribution >= 0.6 is 0 Å². The summed E-state index contributed by atoms with van der Waals surface area (Å²) in [5, 5.41) is 11.6. The SMILES string of the molecule is Cc1ccc(/C(N)=N/O)cc1OCc1ccc(F)c(F)c1. The average Bonchev–Trinajstić information content (AvgIpc) is 2.49. The Morgan fingerprint density at radius 2 is 1.95 bits per heavy atom. The van der Waals surface area contributed by atoms with E-state index < -0.39 is 11.6 Å². The van der Waals surface area contributed by atoms with Crippen LogP contribution in [-0.2, 0) is 6.61 Å². The standard InChI is InChI=1S/C15H14F2N2O2/c1-9-2-4-11(15(18)19-20)7-14(9)21-8-10-3-5-12(16)13(17)6-10/h2-7,20H,8H2,1H3,(H2,18,19). The molecule has 0 saturated heterocycles. The Balaban J connectivity index is 2.17. The van der Waals surface area contributed by atoms with Crippen molar-refractivity contribution < 1.29 is 18.7 Å². The number of aryl methyl sites for hydroxylation is 1. The Morgan fingerprint density at radius 1 is 1.19 bits per heavy atom. The molecule has 0 atom stereocenters. The van der Waals surface area contributed by atoms with Crippen molar-refractivity contribution in [2.24, 2.45) is 10.9 Å². The lowest BCUT2D eigenvalue weighted by molar-refractivity contribution is 0.302. The molecule has 0 spiro atoms. The number of nitrogens with two attached hydrogens (primary N) is 1. The third kappa shape index (κ3) is 3.47. The van der Waals surface area contributed by atoms with Crippen LogP contribution in [0.15, 0.2) is 41.6 Å². The number of hydrogen-bond donors (Lipinski definition) is 2. The smallest absolute Gasteiger partial charge is 0.170 e. The van der Waals surface area contributed by atoms with Crippen molar-refractivity contribution >= 4 is 5.84 Å². The lowest BCUT2D eigenvalue weighted by Gasteiger charge is -2.11. The van der Waals surface area contributed by atoms with Crippen molar-refractivity contribution in [2.45, 2.75) is 13.5 Å². The fraction of sp³-hybridized carbons (Fsp3) is 0.133. The molecule has 3 N–H and O–H groups in total. The Hall–Kier alpha value is -2.63. The van der Waals surface area contributed by atoms with Gasteiger partial charge in [0, 0.05) is 5.56 Å². The van der Waals surface area contributed by atoms with Crippen molar-refractivity contribution in [2.75, 3.05) is 0 Å². The van der Waals surface area contributed by atoms with Crippen LogP contribution in [0.5, 0.6) is 5.75 Å². The van der Waals surface area contributed by atoms with Crippen LogP contribution in [0.3, 0.4) is 0 Å². The van der Waals surface area contributed by atoms with Gasteiger partial charge < -0.3 is 15.7 Å². The molecule has 0 saturated carbocycles. The maximum atomic E-state index is 13.1. The summed E-state index contributed by atoms with van der Waals surface area (Å²) in [6.07, 6.45) is 0. The number of nitrogens with zero attached hydrogens (tertiary/aromatic N) is 1. The number of benzene rings is 2. The molecule has 0 radical (unpaired) electrons. The fourth-order valence-corrected chi connectivity index (χ4v) is 1.76. The average molecular weight is 292 g/mol. The van der Waals surface area contributed by atoms with Gasteiger partial charge in [0.1, 0.15) is 12.4 Å². The van der Waals surface area contributed by atoms with Gasteiger partial charge in [0.2, 0.25) is 0 Å². The second kappa shape index (κ2) is 6.21. The first-order valence-corrected chi connectivity index (χ1v) is 6.16. The molecule has 0 fully saturated rings. The van der Waals surface area contributed by atoms with E-state index in [1.54, 1.807) is 18.2 Å². The highest BCUT2D eigenvalue weighted by molar-refractivity contribution is 5.97. The van der Waals surface area contributed by atoms with Crippen LogP contribution < -0.4 is 10.5 Å². The van der Waals surface area contributed by atoms with Crippen LogP contribution in [0.2, 0.25) is 0 Å². The molecule has 0 heterocycles. The minimum atomic E-state index is -0.918. The molecule has 2 aromatic rings. The molecule has 0 aliphatic heterocycles. The molecule has 2 aromatic carbocycles. The zero-order valence-corrected chi connectivity index (χ0v) is 11.3. The van der Waals surface area contributed by atoms with Crippen LogP contribution in [0, 0.1) is 18.6 Å². The van der Waals surface area contributed by atoms with Crippen molar-refractivity contribution in [1.29, 1.82) is 0 Å². The second-order valence-corrected chi connectivity index (χ2v) is 4.50. The van der Waals surface area contributed by atoms with Crippen LogP contribution in [0.25, 0.3) is 0 Å². The third-order valence-corrected chi connectivity index (χ3v) is 2.97. The normalized spacial score (nSPS) is 11.5. The molecule has 2 rings (SSSR count). The molecule has 0 unspecified atom stereocenters. The number of ether oxygens (including phenoxy) is 1. The first-order chi connectivity index (χ1) is 10.0. The summed E-state index contributed by atoms with van der Waals surface area (Å²) < 4.78 is 31.5. The van der Waals surface area contributed by atoms with Gasteiger partial charge in [-0.3, -0.25) is 0 Å². The lowest BCUT2D eigenvalue weighted by atomic mass is 10.1. The molecule has 0 aliphatic rings. The van der Waals surface area contributed by atoms with E-state index in [0.717, 1.165) is 17.7 Å². The summed E-state index contributed by atoms with van der Waals surface area (Å²) in [5.74, 6) is -1.33. The van der Waals surface area contributed by atoms with Gasteiger partial charge in [-0.05, 0) is 36.2 Å². The minimum absolute atomic E-state index is 0.0346. The van der Waals surface area contributed by atoms with Crippen LogP contribution in [-0.4, -0.2) is 11.0 Å². The van der Waals surface area contributed by atoms with Gasteiger partial charge in [0.15, 0.2) is 17.5 Å². The Bertz CT molecular complexity index is 687. The third-order valence-electron chi connectivity index (χ3n) is 2.97. The van der Waals surface area contributed by atoms with E-state index in [0.29, 0.717) is 16.9 Å². The Morgan fingerprint density at radius 3 is 2.62 bits per heavy atom. The topological polar surface area (TPSA) is 67.8 Å². The fourth-order valence-electron chi connectivity index (χ4n) is 1.76. The molecule has 0 aliphatic carbocycles. The molecule has 21 heavy (non-hydrogen) atoms. The van der Waals surface area contributed by atoms with E-state index >= 15 is 0 Å². The molecular formula is C15H14F2N2O2. The highest BCUT2D eigenvalue weighted by Gasteiger charge is 2.07. The van der Waals surface area contributed by atoms with Gasteiger partial charge >= 0.3 is 0 Å². The first kappa shape index (κ1) is 14.8. The summed E-state index contributed by atoms with van der Waals surface area (Å²) in [7, 11) is 0. The van der Waals surface area contributed by atoms with Gasteiger partial charge in [-0.15, -0.1) is 0 Å². The first-order valence-electron chi connectivity index (χ1n) is 6.16. The van der Waals surface area contributed by atoms with Gasteiger partial charge in [-0.25, -0.2) is 8.78 Å². The van der Waals surface area contributed by atoms with Crippen molar-refractivity contribution in [3.8, 4) is 5.75 Å². The molecule has 0 bridgehead atoms. The van der Waals surface area contributed by atoms with Gasteiger partial charge in [0.25, 0.3) is 0 Å². The van der Waals surface area contributed by atoms with Crippen molar-refractivity contribution in [3.05, 3.63) is 64.7 Å². The molecule has 0 amide bonds. The van der Waals surface area contributed by atoms with Crippen molar-refractivity contribution in [3.63, 3.8) is 0 Å². The van der Waals surface area contributed by atoms with Crippen LogP contribution in [0.1, 0.15) is 16.7 Å². The predicted octanol–water partition coefficient (Wildman–Crippen LogP) is 2.95. The summed E-state index contributed by atoms with van der Waals surface area (Å²) in [5.41, 5.74) is 7.36. The number of amidine groups is 1. The maximum absolute atomic E-state index is 13.1. The number of rotatable bonds is 4. The Labute approximate surface area is 120 Å². The number of hydrogen-bond acceptors (Lipinski definition) is 3. The highest BCUT2D eigenvalue weighted by atomic mass is 19.2. The van der Waals surface area contributed by atoms with Gasteiger partial charge in [-0.1, -0.05) is 23.4 Å². The summed E-state index contributed by atoms with van der Waals surface area (Å²) in [6.45, 7) is 1.91. The predicted molar refractivity (Wildman–Crippen MR) is 74.4 cm³/mol. The monoisotopic (exact) mass is 292 g/mol. The quantitative estimate of drug-likeness (QED) is 0.394. The van der Waals surface area contributed by atoms with Gasteiger partial charge in [0.05, 0.1) is 0 Å². The Kier molecular flexibility index (Phi) is 4.37. The zero-order chi connectivity index (χ0) is 15.4.